The molecule has 0 radical (unpaired) electrons. The highest BCUT2D eigenvalue weighted by Crippen LogP contribution is 2.29. The molecule has 0 saturated carbocycles. The zero-order chi connectivity index (χ0) is 14.7. The molecule has 0 spiro atoms. The molecule has 0 bridgehead atoms. The molecule has 0 aliphatic carbocycles. The number of carbonyl (C=O) groups excluding carboxylic acids is 1. The van der Waals surface area contributed by atoms with Crippen molar-refractivity contribution in [3.05, 3.63) is 54.7 Å². The number of carbonyl (C=O) groups is 1. The minimum absolute atomic E-state index is 0.0798. The molecule has 0 saturated heterocycles. The van der Waals surface area contributed by atoms with Crippen LogP contribution in [0.3, 0.4) is 0 Å². The summed E-state index contributed by atoms with van der Waals surface area (Å²) in [6, 6.07) is 7.01. The molecule has 0 aliphatic heterocycles. The van der Waals surface area contributed by atoms with E-state index in [0.717, 1.165) is 11.3 Å². The third kappa shape index (κ3) is 3.47. The van der Waals surface area contributed by atoms with Gasteiger partial charge in [0.25, 0.3) is 5.69 Å². The lowest BCUT2D eigenvalue weighted by Crippen LogP contribution is -2.10. The number of nitro benzene ring substituents is 1. The van der Waals surface area contributed by atoms with E-state index < -0.39 is 4.92 Å². The standard InChI is InChI=1S/C12H7Cl2NO4S/c13-8-5-7(15(17)18)1-2-10(8)19-6-9(16)11-3-4-12(14)20-11/h1-5H,6H2. The minimum Gasteiger partial charge on any atom is -0.484 e. The fourth-order valence-corrected chi connectivity index (χ4v) is 2.60. The van der Waals surface area contributed by atoms with E-state index >= 15 is 0 Å². The van der Waals surface area contributed by atoms with E-state index in [4.69, 9.17) is 27.9 Å². The quantitative estimate of drug-likeness (QED) is 0.467. The number of hydrogen-bond acceptors (Lipinski definition) is 5. The number of halogens is 2. The number of rotatable bonds is 5. The first-order valence-corrected chi connectivity index (χ1v) is 6.90. The van der Waals surface area contributed by atoms with Crippen LogP contribution in [-0.4, -0.2) is 17.3 Å². The van der Waals surface area contributed by atoms with E-state index in [-0.39, 0.29) is 28.8 Å². The van der Waals surface area contributed by atoms with E-state index in [1.54, 1.807) is 12.1 Å². The maximum atomic E-state index is 11.8. The summed E-state index contributed by atoms with van der Waals surface area (Å²) in [6.45, 7) is -0.214. The van der Waals surface area contributed by atoms with Gasteiger partial charge < -0.3 is 4.74 Å². The highest BCUT2D eigenvalue weighted by Gasteiger charge is 2.13. The van der Waals surface area contributed by atoms with Gasteiger partial charge in [-0.25, -0.2) is 0 Å². The molecular weight excluding hydrogens is 325 g/mol. The van der Waals surface area contributed by atoms with Crippen LogP contribution in [0.15, 0.2) is 30.3 Å². The average Bonchev–Trinajstić information content (AvgIpc) is 2.83. The van der Waals surface area contributed by atoms with Crippen LogP contribution in [0.25, 0.3) is 0 Å². The molecule has 0 atom stereocenters. The molecular formula is C12H7Cl2NO4S. The number of nitrogens with zero attached hydrogens (tertiary/aromatic N) is 1. The third-order valence-electron chi connectivity index (χ3n) is 2.33. The van der Waals surface area contributed by atoms with Crippen molar-refractivity contribution in [2.45, 2.75) is 0 Å². The number of non-ortho nitro benzene ring substituents is 1. The van der Waals surface area contributed by atoms with Crippen LogP contribution in [0.4, 0.5) is 5.69 Å². The Morgan fingerprint density at radius 3 is 2.60 bits per heavy atom. The van der Waals surface area contributed by atoms with Crippen LogP contribution >= 0.6 is 34.5 Å². The van der Waals surface area contributed by atoms with Gasteiger partial charge in [0, 0.05) is 12.1 Å². The molecule has 0 aliphatic rings. The Labute approximate surface area is 127 Å². The molecule has 2 rings (SSSR count). The van der Waals surface area contributed by atoms with Crippen LogP contribution in [-0.2, 0) is 0 Å². The predicted molar refractivity (Wildman–Crippen MR) is 77.3 cm³/mol. The SMILES string of the molecule is O=C(COc1ccc([N+](=O)[O-])cc1Cl)c1ccc(Cl)s1. The third-order valence-corrected chi connectivity index (χ3v) is 3.90. The summed E-state index contributed by atoms with van der Waals surface area (Å²) in [5.74, 6) is -0.0235. The monoisotopic (exact) mass is 331 g/mol. The summed E-state index contributed by atoms with van der Waals surface area (Å²) < 4.78 is 5.77. The molecule has 1 heterocycles. The highest BCUT2D eigenvalue weighted by atomic mass is 35.5. The van der Waals surface area contributed by atoms with Crippen molar-refractivity contribution < 1.29 is 14.5 Å². The second kappa shape index (κ2) is 6.21. The van der Waals surface area contributed by atoms with Gasteiger partial charge in [-0.3, -0.25) is 14.9 Å². The average molecular weight is 332 g/mol. The highest BCUT2D eigenvalue weighted by molar-refractivity contribution is 7.18. The molecule has 0 N–H and O–H groups in total. The van der Waals surface area contributed by atoms with Crippen LogP contribution in [0, 0.1) is 10.1 Å². The van der Waals surface area contributed by atoms with Gasteiger partial charge in [-0.05, 0) is 18.2 Å². The Kier molecular flexibility index (Phi) is 4.59. The number of ketones is 1. The predicted octanol–water partition coefficient (Wildman–Crippen LogP) is 4.22. The number of hydrogen-bond donors (Lipinski definition) is 0. The Morgan fingerprint density at radius 1 is 1.30 bits per heavy atom. The first kappa shape index (κ1) is 14.8. The van der Waals surface area contributed by atoms with Crippen molar-refractivity contribution in [3.63, 3.8) is 0 Å². The molecule has 104 valence electrons. The van der Waals surface area contributed by atoms with Crippen LogP contribution in [0.1, 0.15) is 9.67 Å². The smallest absolute Gasteiger partial charge is 0.271 e. The summed E-state index contributed by atoms with van der Waals surface area (Å²) in [5, 5.41) is 10.6. The Hall–Kier alpha value is -1.63. The lowest BCUT2D eigenvalue weighted by molar-refractivity contribution is -0.384. The number of ether oxygens (including phenoxy) is 1. The molecule has 1 aromatic heterocycles. The summed E-state index contributed by atoms with van der Waals surface area (Å²) in [6.07, 6.45) is 0. The van der Waals surface area contributed by atoms with Crippen molar-refractivity contribution in [1.29, 1.82) is 0 Å². The van der Waals surface area contributed by atoms with E-state index in [0.29, 0.717) is 9.21 Å². The molecule has 8 heteroatoms. The summed E-state index contributed by atoms with van der Waals surface area (Å²) in [5.41, 5.74) is -0.140. The Morgan fingerprint density at radius 2 is 2.05 bits per heavy atom. The number of benzene rings is 1. The molecule has 20 heavy (non-hydrogen) atoms. The van der Waals surface area contributed by atoms with Gasteiger partial charge in [-0.2, -0.15) is 0 Å². The van der Waals surface area contributed by atoms with E-state index in [1.165, 1.54) is 18.2 Å². The maximum absolute atomic E-state index is 11.8. The van der Waals surface area contributed by atoms with Gasteiger partial charge in [0.15, 0.2) is 6.61 Å². The van der Waals surface area contributed by atoms with Crippen LogP contribution < -0.4 is 4.74 Å². The van der Waals surface area contributed by atoms with Crippen LogP contribution in [0.2, 0.25) is 9.36 Å². The maximum Gasteiger partial charge on any atom is 0.271 e. The van der Waals surface area contributed by atoms with Gasteiger partial charge in [0.2, 0.25) is 5.78 Å². The second-order valence-corrected chi connectivity index (χ2v) is 5.81. The molecule has 0 unspecified atom stereocenters. The van der Waals surface area contributed by atoms with E-state index in [9.17, 15) is 14.9 Å². The molecule has 2 aromatic rings. The first-order chi connectivity index (χ1) is 9.47. The summed E-state index contributed by atoms with van der Waals surface area (Å²) >= 11 is 12.7. The minimum atomic E-state index is -0.561. The van der Waals surface area contributed by atoms with Gasteiger partial charge >= 0.3 is 0 Å². The van der Waals surface area contributed by atoms with Gasteiger partial charge in [-0.1, -0.05) is 23.2 Å². The van der Waals surface area contributed by atoms with Gasteiger partial charge in [0.1, 0.15) is 5.75 Å². The van der Waals surface area contributed by atoms with Gasteiger partial charge in [-0.15, -0.1) is 11.3 Å². The van der Waals surface area contributed by atoms with Crippen molar-refractivity contribution in [3.8, 4) is 5.75 Å². The fraction of sp³-hybridized carbons (Fsp3) is 0.0833. The van der Waals surface area contributed by atoms with Gasteiger partial charge in [0.05, 0.1) is 19.2 Å². The van der Waals surface area contributed by atoms with E-state index in [1.807, 2.05) is 0 Å². The zero-order valence-electron chi connectivity index (χ0n) is 9.84. The molecule has 0 fully saturated rings. The lowest BCUT2D eigenvalue weighted by atomic mass is 10.3. The van der Waals surface area contributed by atoms with Crippen molar-refractivity contribution in [2.75, 3.05) is 6.61 Å². The number of nitro groups is 1. The molecule has 5 nitrogen and oxygen atoms in total. The molecule has 0 amide bonds. The van der Waals surface area contributed by atoms with Crippen molar-refractivity contribution in [1.82, 2.24) is 0 Å². The topological polar surface area (TPSA) is 69.4 Å². The van der Waals surface area contributed by atoms with E-state index in [2.05, 4.69) is 0 Å². The number of thiophene rings is 1. The second-order valence-electron chi connectivity index (χ2n) is 3.69. The number of Topliss-reactive ketones (excluding diaryl/α,β-unsaturated/α-hetero) is 1. The van der Waals surface area contributed by atoms with Crippen molar-refractivity contribution in [2.24, 2.45) is 0 Å². The Balaban J connectivity index is 2.04. The fourth-order valence-electron chi connectivity index (χ4n) is 1.40. The van der Waals surface area contributed by atoms with Crippen molar-refractivity contribution >= 4 is 46.0 Å². The van der Waals surface area contributed by atoms with Crippen LogP contribution in [0.5, 0.6) is 5.75 Å². The zero-order valence-corrected chi connectivity index (χ0v) is 12.2. The Bertz CT molecular complexity index is 671. The largest absolute Gasteiger partial charge is 0.484 e. The first-order valence-electron chi connectivity index (χ1n) is 5.32. The molecule has 1 aromatic carbocycles. The lowest BCUT2D eigenvalue weighted by Gasteiger charge is -2.06. The summed E-state index contributed by atoms with van der Waals surface area (Å²) in [7, 11) is 0. The summed E-state index contributed by atoms with van der Waals surface area (Å²) in [4.78, 5) is 22.3. The normalized spacial score (nSPS) is 10.3.